The van der Waals surface area contributed by atoms with Gasteiger partial charge in [0.25, 0.3) is 0 Å². The van der Waals surface area contributed by atoms with Gasteiger partial charge in [0.15, 0.2) is 0 Å². The van der Waals surface area contributed by atoms with Crippen LogP contribution in [0.5, 0.6) is 5.75 Å². The van der Waals surface area contributed by atoms with Crippen molar-refractivity contribution < 1.29 is 9.50 Å². The number of halogens is 1. The van der Waals surface area contributed by atoms with Gasteiger partial charge in [-0.25, -0.2) is 4.39 Å². The molecule has 0 spiro atoms. The van der Waals surface area contributed by atoms with Crippen LogP contribution >= 0.6 is 0 Å². The Kier molecular flexibility index (Phi) is 5.38. The monoisotopic (exact) mass is 240 g/mol. The molecule has 1 unspecified atom stereocenters. The zero-order chi connectivity index (χ0) is 12.8. The predicted molar refractivity (Wildman–Crippen MR) is 67.7 cm³/mol. The molecular formula is C13H21FN2O. The minimum Gasteiger partial charge on any atom is -0.508 e. The van der Waals surface area contributed by atoms with Crippen LogP contribution in [0.4, 0.5) is 4.39 Å². The minimum absolute atomic E-state index is 0.0361. The molecule has 0 amide bonds. The topological polar surface area (TPSA) is 35.5 Å². The standard InChI is InChI=1S/C13H21FN2O/c1-10(15-7-4-8-16(2)3)12-6-5-11(17)9-13(12)14/h5-6,9-10,15,17H,4,7-8H2,1-3H3. The van der Waals surface area contributed by atoms with Gasteiger partial charge in [-0.05, 0) is 46.6 Å². The molecule has 0 saturated carbocycles. The molecule has 1 aromatic rings. The Hall–Kier alpha value is -1.13. The summed E-state index contributed by atoms with van der Waals surface area (Å²) in [5.74, 6) is -0.399. The van der Waals surface area contributed by atoms with Gasteiger partial charge >= 0.3 is 0 Å². The van der Waals surface area contributed by atoms with Crippen molar-refractivity contribution in [2.24, 2.45) is 0 Å². The maximum absolute atomic E-state index is 13.5. The van der Waals surface area contributed by atoms with E-state index >= 15 is 0 Å². The number of nitrogens with zero attached hydrogens (tertiary/aromatic N) is 1. The lowest BCUT2D eigenvalue weighted by Gasteiger charge is -2.16. The van der Waals surface area contributed by atoms with Crippen molar-refractivity contribution in [3.8, 4) is 5.75 Å². The van der Waals surface area contributed by atoms with Gasteiger partial charge in [-0.1, -0.05) is 6.07 Å². The van der Waals surface area contributed by atoms with Crippen LogP contribution in [0.25, 0.3) is 0 Å². The van der Waals surface area contributed by atoms with E-state index < -0.39 is 0 Å². The van der Waals surface area contributed by atoms with Crippen LogP contribution in [-0.4, -0.2) is 37.2 Å². The quantitative estimate of drug-likeness (QED) is 0.748. The van der Waals surface area contributed by atoms with Crippen molar-refractivity contribution in [3.05, 3.63) is 29.6 Å². The average molecular weight is 240 g/mol. The van der Waals surface area contributed by atoms with E-state index in [0.717, 1.165) is 25.6 Å². The largest absolute Gasteiger partial charge is 0.508 e. The molecule has 2 N–H and O–H groups in total. The van der Waals surface area contributed by atoms with Crippen molar-refractivity contribution in [2.45, 2.75) is 19.4 Å². The van der Waals surface area contributed by atoms with Crippen molar-refractivity contribution in [3.63, 3.8) is 0 Å². The summed E-state index contributed by atoms with van der Waals surface area (Å²) in [5.41, 5.74) is 0.590. The highest BCUT2D eigenvalue weighted by molar-refractivity contribution is 5.29. The van der Waals surface area contributed by atoms with Gasteiger partial charge in [-0.15, -0.1) is 0 Å². The summed E-state index contributed by atoms with van der Waals surface area (Å²) in [6.07, 6.45) is 1.02. The highest BCUT2D eigenvalue weighted by Gasteiger charge is 2.10. The molecule has 96 valence electrons. The molecular weight excluding hydrogens is 219 g/mol. The van der Waals surface area contributed by atoms with Crippen LogP contribution in [-0.2, 0) is 0 Å². The van der Waals surface area contributed by atoms with E-state index in [1.807, 2.05) is 21.0 Å². The first-order valence-corrected chi connectivity index (χ1v) is 5.87. The minimum atomic E-state index is -0.363. The average Bonchev–Trinajstić information content (AvgIpc) is 2.23. The van der Waals surface area contributed by atoms with Crippen molar-refractivity contribution >= 4 is 0 Å². The van der Waals surface area contributed by atoms with Crippen molar-refractivity contribution in [1.82, 2.24) is 10.2 Å². The van der Waals surface area contributed by atoms with Crippen LogP contribution in [0.3, 0.4) is 0 Å². The third-order valence-corrected chi connectivity index (χ3v) is 2.68. The molecule has 0 radical (unpaired) electrons. The van der Waals surface area contributed by atoms with E-state index in [0.29, 0.717) is 5.56 Å². The Balaban J connectivity index is 2.44. The van der Waals surface area contributed by atoms with E-state index in [4.69, 9.17) is 5.11 Å². The molecule has 1 atom stereocenters. The Bertz CT molecular complexity index is 355. The molecule has 3 nitrogen and oxygen atoms in total. The molecule has 0 aliphatic rings. The fourth-order valence-electron chi connectivity index (χ4n) is 1.69. The maximum Gasteiger partial charge on any atom is 0.131 e. The fraction of sp³-hybridized carbons (Fsp3) is 0.538. The number of phenolic OH excluding ortho intramolecular Hbond substituents is 1. The lowest BCUT2D eigenvalue weighted by molar-refractivity contribution is 0.387. The summed E-state index contributed by atoms with van der Waals surface area (Å²) >= 11 is 0. The SMILES string of the molecule is CC(NCCCN(C)C)c1ccc(O)cc1F. The number of nitrogens with one attached hydrogen (secondary N) is 1. The summed E-state index contributed by atoms with van der Waals surface area (Å²) < 4.78 is 13.5. The number of rotatable bonds is 6. The number of hydrogen-bond acceptors (Lipinski definition) is 3. The van der Waals surface area contributed by atoms with Crippen LogP contribution < -0.4 is 5.32 Å². The number of phenols is 1. The Labute approximate surface area is 102 Å². The molecule has 0 saturated heterocycles. The maximum atomic E-state index is 13.5. The number of hydrogen-bond donors (Lipinski definition) is 2. The second-order valence-electron chi connectivity index (χ2n) is 4.54. The summed E-state index contributed by atoms with van der Waals surface area (Å²) in [4.78, 5) is 2.12. The van der Waals surface area contributed by atoms with Gasteiger partial charge in [0, 0.05) is 17.7 Å². The number of aromatic hydroxyl groups is 1. The molecule has 17 heavy (non-hydrogen) atoms. The van der Waals surface area contributed by atoms with Crippen LogP contribution in [0.2, 0.25) is 0 Å². The van der Waals surface area contributed by atoms with E-state index in [1.54, 1.807) is 6.07 Å². The van der Waals surface area contributed by atoms with Gasteiger partial charge in [0.2, 0.25) is 0 Å². The fourth-order valence-corrected chi connectivity index (χ4v) is 1.69. The summed E-state index contributed by atoms with van der Waals surface area (Å²) in [7, 11) is 4.06. The number of benzene rings is 1. The molecule has 0 bridgehead atoms. The van der Waals surface area contributed by atoms with Gasteiger partial charge in [-0.2, -0.15) is 0 Å². The predicted octanol–water partition coefficient (Wildman–Crippen LogP) is 2.13. The molecule has 0 heterocycles. The van der Waals surface area contributed by atoms with Crippen LogP contribution in [0.1, 0.15) is 24.9 Å². The van der Waals surface area contributed by atoms with Crippen molar-refractivity contribution in [2.75, 3.05) is 27.2 Å². The van der Waals surface area contributed by atoms with Gasteiger partial charge in [0.05, 0.1) is 0 Å². The third kappa shape index (κ3) is 4.71. The highest BCUT2D eigenvalue weighted by atomic mass is 19.1. The van der Waals surface area contributed by atoms with Gasteiger partial charge in [-0.3, -0.25) is 0 Å². The lowest BCUT2D eigenvalue weighted by atomic mass is 10.1. The Morgan fingerprint density at radius 3 is 2.71 bits per heavy atom. The molecule has 1 aromatic carbocycles. The summed E-state index contributed by atoms with van der Waals surface area (Å²) in [6.45, 7) is 3.78. The molecule has 4 heteroatoms. The van der Waals surface area contributed by atoms with E-state index in [-0.39, 0.29) is 17.6 Å². The summed E-state index contributed by atoms with van der Waals surface area (Å²) in [5, 5.41) is 12.4. The first-order chi connectivity index (χ1) is 8.00. The Morgan fingerprint density at radius 1 is 1.41 bits per heavy atom. The Morgan fingerprint density at radius 2 is 2.12 bits per heavy atom. The van der Waals surface area contributed by atoms with Crippen molar-refractivity contribution in [1.29, 1.82) is 0 Å². The van der Waals surface area contributed by atoms with Crippen LogP contribution in [0.15, 0.2) is 18.2 Å². The molecule has 1 rings (SSSR count). The summed E-state index contributed by atoms with van der Waals surface area (Å²) in [6, 6.07) is 4.23. The lowest BCUT2D eigenvalue weighted by Crippen LogP contribution is -2.24. The van der Waals surface area contributed by atoms with E-state index in [9.17, 15) is 4.39 Å². The van der Waals surface area contributed by atoms with E-state index in [2.05, 4.69) is 10.2 Å². The molecule has 0 aromatic heterocycles. The first kappa shape index (κ1) is 13.9. The first-order valence-electron chi connectivity index (χ1n) is 5.87. The zero-order valence-electron chi connectivity index (χ0n) is 10.7. The molecule has 0 aliphatic heterocycles. The van der Waals surface area contributed by atoms with Gasteiger partial charge in [0.1, 0.15) is 11.6 Å². The van der Waals surface area contributed by atoms with Gasteiger partial charge < -0.3 is 15.3 Å². The normalized spacial score (nSPS) is 13.0. The van der Waals surface area contributed by atoms with Crippen LogP contribution in [0, 0.1) is 5.82 Å². The highest BCUT2D eigenvalue weighted by Crippen LogP contribution is 2.20. The van der Waals surface area contributed by atoms with E-state index in [1.165, 1.54) is 6.07 Å². The second kappa shape index (κ2) is 6.57. The molecule has 0 fully saturated rings. The smallest absolute Gasteiger partial charge is 0.131 e. The third-order valence-electron chi connectivity index (χ3n) is 2.68. The second-order valence-corrected chi connectivity index (χ2v) is 4.54. The zero-order valence-corrected chi connectivity index (χ0v) is 10.7. The molecule has 0 aliphatic carbocycles.